The number of ether oxygens (including phenoxy) is 1. The van der Waals surface area contributed by atoms with Crippen LogP contribution < -0.4 is 10.6 Å². The van der Waals surface area contributed by atoms with E-state index in [0.29, 0.717) is 37.4 Å². The summed E-state index contributed by atoms with van der Waals surface area (Å²) in [5.41, 5.74) is 0.192. The molecule has 1 aliphatic heterocycles. The van der Waals surface area contributed by atoms with Crippen LogP contribution in [0.5, 0.6) is 0 Å². The summed E-state index contributed by atoms with van der Waals surface area (Å²) in [5.74, 6) is -0.967. The van der Waals surface area contributed by atoms with Gasteiger partial charge in [0.15, 0.2) is 6.10 Å². The second-order valence-corrected chi connectivity index (χ2v) is 16.3. The molecule has 11 nitrogen and oxygen atoms in total. The Kier molecular flexibility index (Phi) is 14.2. The fourth-order valence-electron chi connectivity index (χ4n) is 7.23. The number of aliphatic hydroxyl groups is 1. The van der Waals surface area contributed by atoms with E-state index in [1.165, 1.54) is 18.3 Å². The number of nitrogens with zero attached hydrogens (tertiary/aromatic N) is 3. The molecule has 1 saturated carbocycles. The molecule has 1 aromatic carbocycles. The van der Waals surface area contributed by atoms with Gasteiger partial charge in [0.2, 0.25) is 11.8 Å². The highest BCUT2D eigenvalue weighted by molar-refractivity contribution is 7.09. The van der Waals surface area contributed by atoms with Gasteiger partial charge in [0.1, 0.15) is 16.7 Å². The van der Waals surface area contributed by atoms with Crippen molar-refractivity contribution in [2.45, 2.75) is 123 Å². The maximum atomic E-state index is 14.2. The van der Waals surface area contributed by atoms with Gasteiger partial charge in [0.25, 0.3) is 5.91 Å². The van der Waals surface area contributed by atoms with Crippen molar-refractivity contribution in [3.63, 3.8) is 0 Å². The molecule has 2 heterocycles. The first-order valence-corrected chi connectivity index (χ1v) is 19.5. The van der Waals surface area contributed by atoms with E-state index in [1.54, 1.807) is 5.38 Å². The topological polar surface area (TPSA) is 141 Å². The lowest BCUT2D eigenvalue weighted by Gasteiger charge is -2.38. The predicted octanol–water partition coefficient (Wildman–Crippen LogP) is 5.46. The number of esters is 1. The smallest absolute Gasteiger partial charge is 0.303 e. The number of benzene rings is 1. The van der Waals surface area contributed by atoms with Gasteiger partial charge in [-0.3, -0.25) is 24.1 Å². The van der Waals surface area contributed by atoms with E-state index >= 15 is 0 Å². The highest BCUT2D eigenvalue weighted by Crippen LogP contribution is 2.51. The maximum absolute atomic E-state index is 14.2. The number of nitrogens with one attached hydrogen (secondary N) is 2. The molecule has 51 heavy (non-hydrogen) atoms. The summed E-state index contributed by atoms with van der Waals surface area (Å²) >= 11 is 1.26. The van der Waals surface area contributed by atoms with Gasteiger partial charge in [0, 0.05) is 31.3 Å². The van der Waals surface area contributed by atoms with Crippen LogP contribution in [0.15, 0.2) is 35.7 Å². The van der Waals surface area contributed by atoms with Gasteiger partial charge in [-0.25, -0.2) is 4.98 Å². The zero-order chi connectivity index (χ0) is 37.3. The Hall–Kier alpha value is -3.35. The molecule has 0 bridgehead atoms. The first-order valence-electron chi connectivity index (χ1n) is 18.6. The summed E-state index contributed by atoms with van der Waals surface area (Å²) < 4.78 is 5.73. The van der Waals surface area contributed by atoms with Crippen molar-refractivity contribution < 1.29 is 29.0 Å². The molecule has 282 valence electrons. The summed E-state index contributed by atoms with van der Waals surface area (Å²) in [6.07, 6.45) is 5.45. The standard InChI is InChI=1S/C39H59N5O6S/c1-8-20-44(37(49)33(26(3)9-2)41-35(48)31-17-13-14-21-43(31)7)24-38(5,6)19-18-32(50-27(4)46)36-40-30(23-51-36)34(47)42-39(25-45)22-29(39)28-15-11-10-12-16-28/h10-12,15-16,23,26,29,31-33,45H,8-9,13-14,17-22,24-25H2,1-7H3,(H,41,48)(H,42,47)/t26-,29-,31+,32+,33-,39?/m0/s1. The number of amides is 3. The van der Waals surface area contributed by atoms with E-state index in [2.05, 4.69) is 34.4 Å². The fourth-order valence-corrected chi connectivity index (χ4v) is 8.09. The van der Waals surface area contributed by atoms with Crippen molar-refractivity contribution in [3.8, 4) is 0 Å². The first-order chi connectivity index (χ1) is 24.2. The van der Waals surface area contributed by atoms with Gasteiger partial charge in [-0.1, -0.05) is 77.8 Å². The Labute approximate surface area is 307 Å². The van der Waals surface area contributed by atoms with Crippen molar-refractivity contribution in [1.82, 2.24) is 25.4 Å². The zero-order valence-electron chi connectivity index (χ0n) is 31.6. The number of likely N-dealkylation sites (N-methyl/N-ethyl adjacent to an activating group) is 1. The highest BCUT2D eigenvalue weighted by atomic mass is 32.1. The molecule has 2 aromatic rings. The number of carbonyl (C=O) groups is 4. The number of piperidine rings is 1. The normalized spacial score (nSPS) is 22.4. The number of carbonyl (C=O) groups excluding carboxylic acids is 4. The fraction of sp³-hybridized carbons (Fsp3) is 0.667. The molecule has 4 rings (SSSR count). The van der Waals surface area contributed by atoms with Crippen molar-refractivity contribution >= 4 is 35.0 Å². The van der Waals surface area contributed by atoms with E-state index in [0.717, 1.165) is 44.2 Å². The van der Waals surface area contributed by atoms with Gasteiger partial charge >= 0.3 is 5.97 Å². The molecule has 0 radical (unpaired) electrons. The first kappa shape index (κ1) is 40.4. The van der Waals surface area contributed by atoms with Gasteiger partial charge in [-0.2, -0.15) is 0 Å². The Bertz CT molecular complexity index is 1480. The molecule has 3 N–H and O–H groups in total. The van der Waals surface area contributed by atoms with Crippen LogP contribution in [0.1, 0.15) is 126 Å². The minimum Gasteiger partial charge on any atom is -0.455 e. The Morgan fingerprint density at radius 1 is 1.18 bits per heavy atom. The molecule has 3 amide bonds. The third-order valence-electron chi connectivity index (χ3n) is 10.6. The van der Waals surface area contributed by atoms with E-state index in [4.69, 9.17) is 4.74 Å². The van der Waals surface area contributed by atoms with Crippen molar-refractivity contribution in [2.75, 3.05) is 33.3 Å². The average Bonchev–Trinajstić information content (AvgIpc) is 3.60. The summed E-state index contributed by atoms with van der Waals surface area (Å²) in [5, 5.41) is 18.5. The lowest BCUT2D eigenvalue weighted by molar-refractivity contribution is -0.147. The molecule has 1 aliphatic carbocycles. The number of aromatic nitrogens is 1. The second-order valence-electron chi connectivity index (χ2n) is 15.4. The molecule has 1 saturated heterocycles. The second kappa shape index (κ2) is 17.9. The van der Waals surface area contributed by atoms with Crippen LogP contribution in [0, 0.1) is 11.3 Å². The van der Waals surface area contributed by atoms with Gasteiger partial charge < -0.3 is 25.4 Å². The minimum atomic E-state index is -0.730. The van der Waals surface area contributed by atoms with Crippen LogP contribution in [0.4, 0.5) is 0 Å². The molecule has 1 aromatic heterocycles. The van der Waals surface area contributed by atoms with Gasteiger partial charge in [-0.15, -0.1) is 11.3 Å². The van der Waals surface area contributed by atoms with Crippen molar-refractivity contribution in [2.24, 2.45) is 11.3 Å². The minimum absolute atomic E-state index is 0.0243. The SMILES string of the molecule is CCCN(CC(C)(C)CC[C@@H](OC(C)=O)c1nc(C(=O)NC2(CO)C[C@H]2c2ccccc2)cs1)C(=O)[C@@H](NC(=O)[C@H]1CCCCN1C)[C@@H](C)CC. The molecular weight excluding hydrogens is 667 g/mol. The summed E-state index contributed by atoms with van der Waals surface area (Å²) in [6, 6.07) is 8.98. The largest absolute Gasteiger partial charge is 0.455 e. The number of hydrogen-bond donors (Lipinski definition) is 3. The predicted molar refractivity (Wildman–Crippen MR) is 199 cm³/mol. The van der Waals surface area contributed by atoms with E-state index < -0.39 is 23.7 Å². The van der Waals surface area contributed by atoms with Crippen molar-refractivity contribution in [1.29, 1.82) is 0 Å². The maximum Gasteiger partial charge on any atom is 0.303 e. The molecular formula is C39H59N5O6S. The highest BCUT2D eigenvalue weighted by Gasteiger charge is 2.55. The molecule has 2 aliphatic rings. The van der Waals surface area contributed by atoms with Crippen molar-refractivity contribution in [3.05, 3.63) is 52.0 Å². The number of likely N-dealkylation sites (tertiary alicyclic amines) is 1. The van der Waals surface area contributed by atoms with E-state index in [-0.39, 0.29) is 53.3 Å². The molecule has 0 spiro atoms. The monoisotopic (exact) mass is 725 g/mol. The van der Waals surface area contributed by atoms with Gasteiger partial charge in [-0.05, 0) is 69.0 Å². The van der Waals surface area contributed by atoms with Crippen LogP contribution in [0.3, 0.4) is 0 Å². The lowest BCUT2D eigenvalue weighted by Crippen LogP contribution is -2.57. The zero-order valence-corrected chi connectivity index (χ0v) is 32.4. The lowest BCUT2D eigenvalue weighted by atomic mass is 9.85. The molecule has 12 heteroatoms. The van der Waals surface area contributed by atoms with Crippen LogP contribution in [0.25, 0.3) is 0 Å². The van der Waals surface area contributed by atoms with Crippen LogP contribution in [0.2, 0.25) is 0 Å². The number of thiazole rings is 1. The molecule has 6 atom stereocenters. The van der Waals surface area contributed by atoms with E-state index in [9.17, 15) is 24.3 Å². The average molecular weight is 726 g/mol. The third kappa shape index (κ3) is 10.6. The van der Waals surface area contributed by atoms with Gasteiger partial charge in [0.05, 0.1) is 18.2 Å². The number of rotatable bonds is 18. The van der Waals surface area contributed by atoms with Crippen LogP contribution >= 0.6 is 11.3 Å². The Balaban J connectivity index is 1.42. The summed E-state index contributed by atoms with van der Waals surface area (Å²) in [7, 11) is 1.97. The Morgan fingerprint density at radius 2 is 1.90 bits per heavy atom. The number of hydrogen-bond acceptors (Lipinski definition) is 9. The number of aliphatic hydroxyl groups excluding tert-OH is 1. The van der Waals surface area contributed by atoms with Crippen LogP contribution in [-0.4, -0.2) is 94.5 Å². The molecule has 1 unspecified atom stereocenters. The third-order valence-corrected chi connectivity index (χ3v) is 11.6. The Morgan fingerprint density at radius 3 is 2.53 bits per heavy atom. The quantitative estimate of drug-likeness (QED) is 0.172. The van der Waals surface area contributed by atoms with E-state index in [1.807, 2.05) is 63.1 Å². The summed E-state index contributed by atoms with van der Waals surface area (Å²) in [6.45, 7) is 13.4. The molecule has 2 fully saturated rings. The summed E-state index contributed by atoms with van der Waals surface area (Å²) in [4.78, 5) is 61.6. The van der Waals surface area contributed by atoms with Crippen LogP contribution in [-0.2, 0) is 19.1 Å².